The van der Waals surface area contributed by atoms with Gasteiger partial charge in [0.2, 0.25) is 0 Å². The van der Waals surface area contributed by atoms with Crippen molar-refractivity contribution in [2.24, 2.45) is 0 Å². The Morgan fingerprint density at radius 2 is 2.00 bits per heavy atom. The van der Waals surface area contributed by atoms with E-state index in [4.69, 9.17) is 11.6 Å². The first-order valence-electron chi connectivity index (χ1n) is 6.87. The summed E-state index contributed by atoms with van der Waals surface area (Å²) in [6.07, 6.45) is 3.16. The van der Waals surface area contributed by atoms with E-state index in [1.54, 1.807) is 12.1 Å². The van der Waals surface area contributed by atoms with Gasteiger partial charge in [0.1, 0.15) is 11.6 Å². The molecule has 2 aromatic rings. The monoisotopic (exact) mass is 295 g/mol. The third-order valence-corrected chi connectivity index (χ3v) is 3.40. The van der Waals surface area contributed by atoms with Crippen LogP contribution in [0.25, 0.3) is 0 Å². The van der Waals surface area contributed by atoms with Crippen LogP contribution in [0.3, 0.4) is 0 Å². The van der Waals surface area contributed by atoms with Gasteiger partial charge in [-0.05, 0) is 24.1 Å². The smallest absolute Gasteiger partial charge is 0.151 e. The van der Waals surface area contributed by atoms with Crippen molar-refractivity contribution in [3.05, 3.63) is 52.3 Å². The molecule has 0 bridgehead atoms. The molecule has 0 spiro atoms. The van der Waals surface area contributed by atoms with E-state index in [0.29, 0.717) is 18.2 Å². The van der Waals surface area contributed by atoms with Gasteiger partial charge < -0.3 is 10.3 Å². The van der Waals surface area contributed by atoms with E-state index in [9.17, 15) is 4.39 Å². The van der Waals surface area contributed by atoms with Crippen LogP contribution in [0.2, 0.25) is 5.15 Å². The zero-order chi connectivity index (χ0) is 14.4. The molecule has 0 radical (unpaired) electrons. The molecule has 1 aromatic carbocycles. The summed E-state index contributed by atoms with van der Waals surface area (Å²) in [5.74, 6) is 0.723. The van der Waals surface area contributed by atoms with Crippen LogP contribution in [0.4, 0.5) is 4.39 Å². The van der Waals surface area contributed by atoms with E-state index in [1.807, 2.05) is 0 Å². The normalized spacial score (nSPS) is 10.9. The van der Waals surface area contributed by atoms with Crippen LogP contribution < -0.4 is 5.32 Å². The Bertz CT molecular complexity index is 537. The van der Waals surface area contributed by atoms with Crippen molar-refractivity contribution in [3.63, 3.8) is 0 Å². The molecule has 5 heteroatoms. The molecule has 20 heavy (non-hydrogen) atoms. The largest absolute Gasteiger partial charge is 0.344 e. The lowest BCUT2D eigenvalue weighted by molar-refractivity contribution is 0.624. The molecule has 0 saturated heterocycles. The summed E-state index contributed by atoms with van der Waals surface area (Å²) in [5, 5.41) is 3.80. The minimum absolute atomic E-state index is 0.217. The first-order chi connectivity index (χ1) is 9.69. The predicted octanol–water partition coefficient (Wildman–Crippen LogP) is 3.83. The molecule has 1 heterocycles. The number of imidazole rings is 1. The SMILES string of the molecule is CCCCc1nc(Cl)c(CNCc2ccc(F)cc2)[nH]1. The summed E-state index contributed by atoms with van der Waals surface area (Å²) in [6.45, 7) is 3.44. The standard InChI is InChI=1S/C15H19ClFN3/c1-2-3-4-14-19-13(15(16)20-14)10-18-9-11-5-7-12(17)8-6-11/h5-8,18H,2-4,9-10H2,1H3,(H,19,20). The Kier molecular flexibility index (Phi) is 5.56. The summed E-state index contributed by atoms with van der Waals surface area (Å²) < 4.78 is 12.8. The van der Waals surface area contributed by atoms with Gasteiger partial charge in [0.05, 0.1) is 5.69 Å². The summed E-state index contributed by atoms with van der Waals surface area (Å²) in [7, 11) is 0. The van der Waals surface area contributed by atoms with E-state index in [-0.39, 0.29) is 5.82 Å². The van der Waals surface area contributed by atoms with Gasteiger partial charge in [-0.3, -0.25) is 0 Å². The molecule has 0 aliphatic carbocycles. The molecule has 0 fully saturated rings. The van der Waals surface area contributed by atoms with E-state index in [0.717, 1.165) is 36.3 Å². The minimum Gasteiger partial charge on any atom is -0.344 e. The Labute approximate surface area is 123 Å². The van der Waals surface area contributed by atoms with Gasteiger partial charge in [0.25, 0.3) is 0 Å². The lowest BCUT2D eigenvalue weighted by atomic mass is 10.2. The number of halogens is 2. The van der Waals surface area contributed by atoms with Crippen molar-refractivity contribution in [2.45, 2.75) is 39.3 Å². The van der Waals surface area contributed by atoms with Crippen LogP contribution in [-0.4, -0.2) is 9.97 Å². The van der Waals surface area contributed by atoms with Crippen LogP contribution in [0.15, 0.2) is 24.3 Å². The van der Waals surface area contributed by atoms with E-state index >= 15 is 0 Å². The number of aromatic amines is 1. The number of H-pyrrole nitrogens is 1. The predicted molar refractivity (Wildman–Crippen MR) is 79.2 cm³/mol. The Hall–Kier alpha value is -1.39. The van der Waals surface area contributed by atoms with Crippen LogP contribution in [-0.2, 0) is 19.5 Å². The second-order valence-electron chi connectivity index (χ2n) is 4.79. The Morgan fingerprint density at radius 1 is 1.25 bits per heavy atom. The summed E-state index contributed by atoms with van der Waals surface area (Å²) >= 11 is 6.09. The molecule has 0 atom stereocenters. The maximum atomic E-state index is 12.8. The molecule has 108 valence electrons. The molecule has 2 rings (SSSR count). The number of benzene rings is 1. The van der Waals surface area contributed by atoms with Gasteiger partial charge in [-0.2, -0.15) is 0 Å². The maximum Gasteiger partial charge on any atom is 0.151 e. The summed E-state index contributed by atoms with van der Waals surface area (Å²) in [4.78, 5) is 7.55. The van der Waals surface area contributed by atoms with Gasteiger partial charge in [-0.1, -0.05) is 37.1 Å². The minimum atomic E-state index is -0.217. The van der Waals surface area contributed by atoms with Gasteiger partial charge in [0, 0.05) is 19.5 Å². The average Bonchev–Trinajstić information content (AvgIpc) is 2.79. The number of hydrogen-bond acceptors (Lipinski definition) is 2. The van der Waals surface area contributed by atoms with Crippen LogP contribution in [0.5, 0.6) is 0 Å². The molecule has 0 saturated carbocycles. The lowest BCUT2D eigenvalue weighted by Gasteiger charge is -2.03. The first-order valence-corrected chi connectivity index (χ1v) is 7.25. The van der Waals surface area contributed by atoms with Crippen molar-refractivity contribution in [3.8, 4) is 0 Å². The fourth-order valence-electron chi connectivity index (χ4n) is 1.95. The Balaban J connectivity index is 1.84. The highest BCUT2D eigenvalue weighted by Crippen LogP contribution is 2.14. The average molecular weight is 296 g/mol. The highest BCUT2D eigenvalue weighted by atomic mass is 35.5. The molecular formula is C15H19ClFN3. The number of hydrogen-bond donors (Lipinski definition) is 2. The van der Waals surface area contributed by atoms with Crippen molar-refractivity contribution < 1.29 is 4.39 Å². The van der Waals surface area contributed by atoms with Crippen LogP contribution in [0.1, 0.15) is 36.8 Å². The number of aromatic nitrogens is 2. The fraction of sp³-hybridized carbons (Fsp3) is 0.400. The molecule has 0 unspecified atom stereocenters. The van der Waals surface area contributed by atoms with Gasteiger partial charge in [-0.25, -0.2) is 9.37 Å². The van der Waals surface area contributed by atoms with Crippen molar-refractivity contribution >= 4 is 11.6 Å². The van der Waals surface area contributed by atoms with E-state index < -0.39 is 0 Å². The third kappa shape index (κ3) is 4.32. The number of rotatable bonds is 7. The van der Waals surface area contributed by atoms with E-state index in [1.165, 1.54) is 12.1 Å². The molecular weight excluding hydrogens is 277 g/mol. The Morgan fingerprint density at radius 3 is 2.70 bits per heavy atom. The van der Waals surface area contributed by atoms with Gasteiger partial charge in [-0.15, -0.1) is 0 Å². The second kappa shape index (κ2) is 7.41. The van der Waals surface area contributed by atoms with Gasteiger partial charge in [0.15, 0.2) is 5.15 Å². The molecule has 1 aromatic heterocycles. The summed E-state index contributed by atoms with van der Waals surface area (Å²) in [6, 6.07) is 6.46. The molecule has 0 aliphatic heterocycles. The first kappa shape index (κ1) is 15.0. The van der Waals surface area contributed by atoms with Crippen molar-refractivity contribution in [1.82, 2.24) is 15.3 Å². The van der Waals surface area contributed by atoms with Crippen LogP contribution >= 0.6 is 11.6 Å². The number of unbranched alkanes of at least 4 members (excludes halogenated alkanes) is 1. The zero-order valence-corrected chi connectivity index (χ0v) is 12.3. The quantitative estimate of drug-likeness (QED) is 0.815. The zero-order valence-electron chi connectivity index (χ0n) is 11.5. The lowest BCUT2D eigenvalue weighted by Crippen LogP contribution is -2.13. The molecule has 0 aliphatic rings. The molecule has 3 nitrogen and oxygen atoms in total. The number of aryl methyl sites for hydroxylation is 1. The number of nitrogens with one attached hydrogen (secondary N) is 2. The number of nitrogens with zero attached hydrogens (tertiary/aromatic N) is 1. The molecule has 0 amide bonds. The second-order valence-corrected chi connectivity index (χ2v) is 5.14. The van der Waals surface area contributed by atoms with Gasteiger partial charge >= 0.3 is 0 Å². The van der Waals surface area contributed by atoms with Crippen molar-refractivity contribution in [1.29, 1.82) is 0 Å². The van der Waals surface area contributed by atoms with Crippen molar-refractivity contribution in [2.75, 3.05) is 0 Å². The molecule has 2 N–H and O–H groups in total. The van der Waals surface area contributed by atoms with Crippen LogP contribution in [0, 0.1) is 5.82 Å². The topological polar surface area (TPSA) is 40.7 Å². The fourth-order valence-corrected chi connectivity index (χ4v) is 2.17. The summed E-state index contributed by atoms with van der Waals surface area (Å²) in [5.41, 5.74) is 1.94. The highest BCUT2D eigenvalue weighted by molar-refractivity contribution is 6.30. The third-order valence-electron chi connectivity index (χ3n) is 3.09. The van der Waals surface area contributed by atoms with E-state index in [2.05, 4.69) is 22.2 Å². The highest BCUT2D eigenvalue weighted by Gasteiger charge is 2.07. The maximum absolute atomic E-state index is 12.8.